The van der Waals surface area contributed by atoms with Gasteiger partial charge in [-0.1, -0.05) is 24.4 Å². The number of aryl methyl sites for hydroxylation is 1. The van der Waals surface area contributed by atoms with E-state index in [1.807, 2.05) is 12.1 Å². The number of nitrogens with one attached hydrogen (secondary N) is 1. The maximum atomic E-state index is 5.63. The predicted molar refractivity (Wildman–Crippen MR) is 77.1 cm³/mol. The minimum Gasteiger partial charge on any atom is -0.388 e. The molecule has 0 saturated heterocycles. The first-order valence-corrected chi connectivity index (χ1v) is 5.94. The molecule has 1 heterocycles. The van der Waals surface area contributed by atoms with Crippen molar-refractivity contribution in [2.24, 2.45) is 5.73 Å². The molecule has 18 heavy (non-hydrogen) atoms. The van der Waals surface area contributed by atoms with E-state index in [0.717, 1.165) is 11.3 Å². The number of rotatable bonds is 3. The molecule has 3 N–H and O–H groups in total. The van der Waals surface area contributed by atoms with Crippen molar-refractivity contribution in [1.82, 2.24) is 9.97 Å². The van der Waals surface area contributed by atoms with Gasteiger partial charge in [0.05, 0.1) is 0 Å². The molecule has 0 fully saturated rings. The molecule has 0 bridgehead atoms. The highest BCUT2D eigenvalue weighted by atomic mass is 32.1. The van der Waals surface area contributed by atoms with Crippen molar-refractivity contribution in [3.63, 3.8) is 0 Å². The lowest BCUT2D eigenvalue weighted by Crippen LogP contribution is -2.15. The zero-order valence-corrected chi connectivity index (χ0v) is 11.1. The molecule has 2 aromatic rings. The summed E-state index contributed by atoms with van der Waals surface area (Å²) in [7, 11) is 0. The molecule has 1 aromatic carbocycles. The summed E-state index contributed by atoms with van der Waals surface area (Å²) in [5.74, 6) is 0.582. The average Bonchev–Trinajstić information content (AvgIpc) is 2.35. The molecule has 0 aliphatic rings. The van der Waals surface area contributed by atoms with Crippen molar-refractivity contribution < 1.29 is 0 Å². The van der Waals surface area contributed by atoms with E-state index in [9.17, 15) is 0 Å². The van der Waals surface area contributed by atoms with Gasteiger partial charge in [0.15, 0.2) is 5.82 Å². The quantitative estimate of drug-likeness (QED) is 0.828. The van der Waals surface area contributed by atoms with Gasteiger partial charge in [-0.05, 0) is 31.0 Å². The number of hydrogen-bond acceptors (Lipinski definition) is 4. The van der Waals surface area contributed by atoms with Gasteiger partial charge in [0, 0.05) is 18.1 Å². The van der Waals surface area contributed by atoms with Gasteiger partial charge in [-0.2, -0.15) is 0 Å². The van der Waals surface area contributed by atoms with E-state index in [0.29, 0.717) is 11.5 Å². The van der Waals surface area contributed by atoms with Crippen LogP contribution in [-0.4, -0.2) is 15.0 Å². The summed E-state index contributed by atoms with van der Waals surface area (Å²) < 4.78 is 0. The number of nitrogens with zero attached hydrogens (tertiary/aromatic N) is 2. The van der Waals surface area contributed by atoms with Gasteiger partial charge in [0.1, 0.15) is 10.7 Å². The zero-order chi connectivity index (χ0) is 13.1. The normalized spacial score (nSPS) is 10.1. The molecule has 0 radical (unpaired) electrons. The molecular weight excluding hydrogens is 244 g/mol. The molecule has 0 aliphatic carbocycles. The van der Waals surface area contributed by atoms with Gasteiger partial charge in [0.2, 0.25) is 0 Å². The fourth-order valence-electron chi connectivity index (χ4n) is 1.62. The second-order valence-electron chi connectivity index (χ2n) is 3.99. The van der Waals surface area contributed by atoms with Crippen LogP contribution in [0, 0.1) is 13.8 Å². The van der Waals surface area contributed by atoms with E-state index in [-0.39, 0.29) is 4.99 Å². The molecule has 0 amide bonds. The van der Waals surface area contributed by atoms with E-state index < -0.39 is 0 Å². The lowest BCUT2D eigenvalue weighted by Gasteiger charge is -2.12. The Balaban J connectivity index is 2.40. The first-order chi connectivity index (χ1) is 8.59. The molecule has 2 rings (SSSR count). The second-order valence-corrected chi connectivity index (χ2v) is 4.43. The fourth-order valence-corrected chi connectivity index (χ4v) is 1.77. The molecular formula is C13H14N4S. The Morgan fingerprint density at radius 2 is 1.94 bits per heavy atom. The van der Waals surface area contributed by atoms with Crippen molar-refractivity contribution in [2.75, 3.05) is 5.32 Å². The summed E-state index contributed by atoms with van der Waals surface area (Å²) in [6.07, 6.45) is 3.18. The number of aromatic nitrogens is 2. The molecule has 0 aliphatic heterocycles. The number of benzene rings is 1. The Labute approximate surface area is 111 Å². The maximum absolute atomic E-state index is 5.63. The van der Waals surface area contributed by atoms with Crippen molar-refractivity contribution in [2.45, 2.75) is 13.8 Å². The number of anilines is 2. The Morgan fingerprint density at radius 1 is 1.22 bits per heavy atom. The maximum Gasteiger partial charge on any atom is 0.159 e. The SMILES string of the molecule is Cc1cccc(Nc2nccnc2C(N)=S)c1C. The second kappa shape index (κ2) is 5.10. The van der Waals surface area contributed by atoms with Crippen LogP contribution in [0.4, 0.5) is 11.5 Å². The third kappa shape index (κ3) is 2.46. The smallest absolute Gasteiger partial charge is 0.159 e. The third-order valence-corrected chi connectivity index (χ3v) is 2.98. The topological polar surface area (TPSA) is 63.8 Å². The summed E-state index contributed by atoms with van der Waals surface area (Å²) in [6, 6.07) is 6.04. The summed E-state index contributed by atoms with van der Waals surface area (Å²) >= 11 is 4.96. The molecule has 0 saturated carbocycles. The van der Waals surface area contributed by atoms with Crippen LogP contribution < -0.4 is 11.1 Å². The van der Waals surface area contributed by atoms with Crippen molar-refractivity contribution in [3.05, 3.63) is 47.4 Å². The highest BCUT2D eigenvalue weighted by Crippen LogP contribution is 2.22. The molecule has 5 heteroatoms. The van der Waals surface area contributed by atoms with E-state index in [1.54, 1.807) is 12.4 Å². The Hall–Kier alpha value is -2.01. The van der Waals surface area contributed by atoms with Crippen LogP contribution in [0.25, 0.3) is 0 Å². The van der Waals surface area contributed by atoms with Crippen molar-refractivity contribution in [1.29, 1.82) is 0 Å². The number of thiocarbonyl (C=S) groups is 1. The monoisotopic (exact) mass is 258 g/mol. The van der Waals surface area contributed by atoms with Crippen LogP contribution in [0.3, 0.4) is 0 Å². The van der Waals surface area contributed by atoms with Crippen LogP contribution in [0.1, 0.15) is 16.8 Å². The Morgan fingerprint density at radius 3 is 2.67 bits per heavy atom. The van der Waals surface area contributed by atoms with Crippen molar-refractivity contribution >= 4 is 28.7 Å². The molecule has 4 nitrogen and oxygen atoms in total. The highest BCUT2D eigenvalue weighted by molar-refractivity contribution is 7.80. The van der Waals surface area contributed by atoms with Gasteiger partial charge in [-0.25, -0.2) is 9.97 Å². The minimum absolute atomic E-state index is 0.232. The molecule has 0 unspecified atom stereocenters. The predicted octanol–water partition coefficient (Wildman–Crippen LogP) is 2.47. The standard InChI is InChI=1S/C13H14N4S/c1-8-4-3-5-10(9(8)2)17-13-11(12(14)18)15-6-7-16-13/h3-7H,1-2H3,(H2,14,18)(H,16,17). The summed E-state index contributed by atoms with van der Waals surface area (Å²) in [5, 5.41) is 3.22. The Kier molecular flexibility index (Phi) is 3.53. The fraction of sp³-hybridized carbons (Fsp3) is 0.154. The first-order valence-electron chi connectivity index (χ1n) is 5.53. The highest BCUT2D eigenvalue weighted by Gasteiger charge is 2.09. The van der Waals surface area contributed by atoms with Crippen LogP contribution in [-0.2, 0) is 0 Å². The van der Waals surface area contributed by atoms with Crippen molar-refractivity contribution in [3.8, 4) is 0 Å². The first kappa shape index (κ1) is 12.4. The van der Waals surface area contributed by atoms with Gasteiger partial charge in [-0.15, -0.1) is 0 Å². The van der Waals surface area contributed by atoms with Gasteiger partial charge in [-0.3, -0.25) is 0 Å². The minimum atomic E-state index is 0.232. The lowest BCUT2D eigenvalue weighted by molar-refractivity contribution is 1.17. The number of nitrogens with two attached hydrogens (primary N) is 1. The average molecular weight is 258 g/mol. The molecule has 0 spiro atoms. The van der Waals surface area contributed by atoms with E-state index >= 15 is 0 Å². The van der Waals surface area contributed by atoms with Gasteiger partial charge >= 0.3 is 0 Å². The van der Waals surface area contributed by atoms with Gasteiger partial charge in [0.25, 0.3) is 0 Å². The van der Waals surface area contributed by atoms with Crippen LogP contribution in [0.5, 0.6) is 0 Å². The molecule has 1 aromatic heterocycles. The summed E-state index contributed by atoms with van der Waals surface area (Å²) in [6.45, 7) is 4.11. The summed E-state index contributed by atoms with van der Waals surface area (Å²) in [5.41, 5.74) is 9.49. The van der Waals surface area contributed by atoms with Crippen LogP contribution in [0.2, 0.25) is 0 Å². The largest absolute Gasteiger partial charge is 0.388 e. The van der Waals surface area contributed by atoms with Crippen LogP contribution >= 0.6 is 12.2 Å². The zero-order valence-electron chi connectivity index (χ0n) is 10.3. The van der Waals surface area contributed by atoms with E-state index in [1.165, 1.54) is 5.56 Å². The number of hydrogen-bond donors (Lipinski definition) is 2. The molecule has 92 valence electrons. The third-order valence-electron chi connectivity index (χ3n) is 2.79. The Bertz CT molecular complexity index is 595. The summed E-state index contributed by atoms with van der Waals surface area (Å²) in [4.78, 5) is 8.59. The lowest BCUT2D eigenvalue weighted by atomic mass is 10.1. The van der Waals surface area contributed by atoms with E-state index in [4.69, 9.17) is 18.0 Å². The molecule has 0 atom stereocenters. The van der Waals surface area contributed by atoms with Gasteiger partial charge < -0.3 is 11.1 Å². The van der Waals surface area contributed by atoms with E-state index in [2.05, 4.69) is 35.2 Å². The van der Waals surface area contributed by atoms with Crippen LogP contribution in [0.15, 0.2) is 30.6 Å².